The summed E-state index contributed by atoms with van der Waals surface area (Å²) in [4.78, 5) is 24.9. The second-order valence-electron chi connectivity index (χ2n) is 6.84. The smallest absolute Gasteiger partial charge is 0.329 e. The third-order valence-corrected chi connectivity index (χ3v) is 4.19. The first-order chi connectivity index (χ1) is 12.9. The topological polar surface area (TPSA) is 99.0 Å². The number of carbonyl (C=O) groups is 2. The largest absolute Gasteiger partial charge is 0.456 e. The second-order valence-corrected chi connectivity index (χ2v) is 6.84. The Labute approximate surface area is 159 Å². The fourth-order valence-electron chi connectivity index (χ4n) is 2.46. The van der Waals surface area contributed by atoms with Crippen LogP contribution in [0.4, 0.5) is 0 Å². The van der Waals surface area contributed by atoms with E-state index < -0.39 is 12.0 Å². The van der Waals surface area contributed by atoms with E-state index in [1.54, 1.807) is 16.8 Å². The third kappa shape index (κ3) is 5.87. The Bertz CT molecular complexity index is 755. The number of aryl methyl sites for hydroxylation is 2. The van der Waals surface area contributed by atoms with Gasteiger partial charge in [0.15, 0.2) is 12.4 Å². The van der Waals surface area contributed by atoms with Gasteiger partial charge in [-0.1, -0.05) is 44.9 Å². The zero-order valence-corrected chi connectivity index (χ0v) is 16.3. The standard InChI is InChI=1S/C19H27N5O3/c1-5-6-11-24-16(21-22-23-24)12-27-19(26)17(13(2)3)20-18(25)15-9-7-14(4)8-10-15/h7-10,13,17H,5-6,11-12H2,1-4H3,(H,20,25)/t17-/m0/s1. The van der Waals surface area contributed by atoms with Crippen molar-refractivity contribution in [3.8, 4) is 0 Å². The third-order valence-electron chi connectivity index (χ3n) is 4.19. The Hall–Kier alpha value is -2.77. The number of nitrogens with one attached hydrogen (secondary N) is 1. The molecule has 0 fully saturated rings. The van der Waals surface area contributed by atoms with Gasteiger partial charge >= 0.3 is 5.97 Å². The molecule has 0 aliphatic heterocycles. The molecule has 1 atom stereocenters. The van der Waals surface area contributed by atoms with Crippen molar-refractivity contribution in [1.29, 1.82) is 0 Å². The Morgan fingerprint density at radius 2 is 1.93 bits per heavy atom. The molecule has 1 heterocycles. The molecule has 1 N–H and O–H groups in total. The monoisotopic (exact) mass is 373 g/mol. The van der Waals surface area contributed by atoms with Crippen molar-refractivity contribution in [2.45, 2.75) is 59.7 Å². The molecule has 146 valence electrons. The summed E-state index contributed by atoms with van der Waals surface area (Å²) in [6, 6.07) is 6.42. The number of amides is 1. The SMILES string of the molecule is CCCCn1nnnc1COC(=O)[C@@H](NC(=O)c1ccc(C)cc1)C(C)C. The molecule has 1 aromatic carbocycles. The van der Waals surface area contributed by atoms with Crippen LogP contribution in [0, 0.1) is 12.8 Å². The van der Waals surface area contributed by atoms with Crippen LogP contribution in [0.3, 0.4) is 0 Å². The minimum absolute atomic E-state index is 0.0286. The first-order valence-electron chi connectivity index (χ1n) is 9.21. The molecule has 2 aromatic rings. The molecule has 1 amide bonds. The number of unbranched alkanes of at least 4 members (excludes halogenated alkanes) is 1. The summed E-state index contributed by atoms with van der Waals surface area (Å²) in [7, 11) is 0. The Morgan fingerprint density at radius 3 is 2.56 bits per heavy atom. The minimum atomic E-state index is -0.751. The average molecular weight is 373 g/mol. The number of esters is 1. The van der Waals surface area contributed by atoms with Gasteiger partial charge in [0.1, 0.15) is 6.04 Å². The van der Waals surface area contributed by atoms with Crippen LogP contribution < -0.4 is 5.32 Å². The number of benzene rings is 1. The molecule has 0 spiro atoms. The fourth-order valence-corrected chi connectivity index (χ4v) is 2.46. The van der Waals surface area contributed by atoms with Gasteiger partial charge in [-0.15, -0.1) is 5.10 Å². The summed E-state index contributed by atoms with van der Waals surface area (Å²) in [5.74, 6) is -0.443. The van der Waals surface area contributed by atoms with E-state index in [-0.39, 0.29) is 18.4 Å². The molecule has 0 aliphatic carbocycles. The lowest BCUT2D eigenvalue weighted by molar-refractivity contribution is -0.148. The van der Waals surface area contributed by atoms with Gasteiger partial charge in [0.25, 0.3) is 5.91 Å². The molecule has 0 unspecified atom stereocenters. The van der Waals surface area contributed by atoms with Gasteiger partial charge in [-0.3, -0.25) is 4.79 Å². The van der Waals surface area contributed by atoms with Gasteiger partial charge in [0.05, 0.1) is 0 Å². The summed E-state index contributed by atoms with van der Waals surface area (Å²) in [5.41, 5.74) is 1.56. The highest BCUT2D eigenvalue weighted by Crippen LogP contribution is 2.09. The van der Waals surface area contributed by atoms with Gasteiger partial charge in [-0.25, -0.2) is 9.48 Å². The summed E-state index contributed by atoms with van der Waals surface area (Å²) in [6.45, 7) is 8.38. The summed E-state index contributed by atoms with van der Waals surface area (Å²) in [6.07, 6.45) is 1.95. The van der Waals surface area contributed by atoms with Gasteiger partial charge in [-0.2, -0.15) is 0 Å². The number of tetrazole rings is 1. The molecule has 27 heavy (non-hydrogen) atoms. The van der Waals surface area contributed by atoms with E-state index in [0.717, 1.165) is 18.4 Å². The zero-order chi connectivity index (χ0) is 19.8. The summed E-state index contributed by atoms with van der Waals surface area (Å²) in [5, 5.41) is 14.2. The molecule has 0 radical (unpaired) electrons. The molecule has 0 aliphatic rings. The van der Waals surface area contributed by atoms with E-state index in [1.807, 2.05) is 32.9 Å². The number of nitrogens with zero attached hydrogens (tertiary/aromatic N) is 4. The maximum Gasteiger partial charge on any atom is 0.329 e. The molecule has 0 bridgehead atoms. The molecular weight excluding hydrogens is 346 g/mol. The number of carbonyl (C=O) groups excluding carboxylic acids is 2. The predicted molar refractivity (Wildman–Crippen MR) is 99.8 cm³/mol. The predicted octanol–water partition coefficient (Wildman–Crippen LogP) is 2.28. The van der Waals surface area contributed by atoms with Crippen molar-refractivity contribution in [2.24, 2.45) is 5.92 Å². The molecule has 8 heteroatoms. The van der Waals surface area contributed by atoms with E-state index in [0.29, 0.717) is 17.9 Å². The van der Waals surface area contributed by atoms with Crippen LogP contribution in [0.2, 0.25) is 0 Å². The maximum absolute atomic E-state index is 12.5. The van der Waals surface area contributed by atoms with Crippen LogP contribution in [-0.2, 0) is 22.7 Å². The summed E-state index contributed by atoms with van der Waals surface area (Å²) < 4.78 is 7.00. The van der Waals surface area contributed by atoms with Crippen molar-refractivity contribution < 1.29 is 14.3 Å². The number of hydrogen-bond acceptors (Lipinski definition) is 6. The lowest BCUT2D eigenvalue weighted by atomic mass is 10.0. The molecule has 8 nitrogen and oxygen atoms in total. The van der Waals surface area contributed by atoms with Crippen molar-refractivity contribution in [1.82, 2.24) is 25.5 Å². The molecule has 1 aromatic heterocycles. The van der Waals surface area contributed by atoms with E-state index in [2.05, 4.69) is 27.8 Å². The Morgan fingerprint density at radius 1 is 1.22 bits per heavy atom. The second kappa shape index (κ2) is 9.80. The number of rotatable bonds is 9. The zero-order valence-electron chi connectivity index (χ0n) is 16.3. The first-order valence-corrected chi connectivity index (χ1v) is 9.21. The van der Waals surface area contributed by atoms with Gasteiger partial charge < -0.3 is 10.1 Å². The van der Waals surface area contributed by atoms with E-state index in [9.17, 15) is 9.59 Å². The Balaban J connectivity index is 1.97. The van der Waals surface area contributed by atoms with Gasteiger partial charge in [-0.05, 0) is 41.8 Å². The number of aromatic nitrogens is 4. The maximum atomic E-state index is 12.5. The normalized spacial score (nSPS) is 12.0. The Kier molecular flexibility index (Phi) is 7.45. The van der Waals surface area contributed by atoms with Crippen LogP contribution in [-0.4, -0.2) is 38.1 Å². The van der Waals surface area contributed by atoms with Gasteiger partial charge in [0.2, 0.25) is 0 Å². The lowest BCUT2D eigenvalue weighted by Crippen LogP contribution is -2.45. The highest BCUT2D eigenvalue weighted by atomic mass is 16.5. The van der Waals surface area contributed by atoms with Crippen molar-refractivity contribution >= 4 is 11.9 Å². The van der Waals surface area contributed by atoms with E-state index in [4.69, 9.17) is 4.74 Å². The van der Waals surface area contributed by atoms with Crippen LogP contribution in [0.1, 0.15) is 55.4 Å². The van der Waals surface area contributed by atoms with E-state index >= 15 is 0 Å². The van der Waals surface area contributed by atoms with Gasteiger partial charge in [0, 0.05) is 12.1 Å². The molecule has 0 saturated heterocycles. The average Bonchev–Trinajstić information content (AvgIpc) is 3.09. The highest BCUT2D eigenvalue weighted by Gasteiger charge is 2.26. The van der Waals surface area contributed by atoms with Crippen LogP contribution in [0.5, 0.6) is 0 Å². The first kappa shape index (κ1) is 20.5. The quantitative estimate of drug-likeness (QED) is 0.677. The molecule has 0 saturated carbocycles. The number of ether oxygens (including phenoxy) is 1. The van der Waals surface area contributed by atoms with E-state index in [1.165, 1.54) is 0 Å². The van der Waals surface area contributed by atoms with Crippen molar-refractivity contribution in [3.63, 3.8) is 0 Å². The van der Waals surface area contributed by atoms with Crippen LogP contribution >= 0.6 is 0 Å². The van der Waals surface area contributed by atoms with Crippen LogP contribution in [0.25, 0.3) is 0 Å². The number of hydrogen-bond donors (Lipinski definition) is 1. The fraction of sp³-hybridized carbons (Fsp3) is 0.526. The molecule has 2 rings (SSSR count). The lowest BCUT2D eigenvalue weighted by Gasteiger charge is -2.20. The summed E-state index contributed by atoms with van der Waals surface area (Å²) >= 11 is 0. The molecular formula is C19H27N5O3. The van der Waals surface area contributed by atoms with Crippen molar-refractivity contribution in [3.05, 3.63) is 41.2 Å². The van der Waals surface area contributed by atoms with Crippen LogP contribution in [0.15, 0.2) is 24.3 Å². The van der Waals surface area contributed by atoms with Crippen molar-refractivity contribution in [2.75, 3.05) is 0 Å². The minimum Gasteiger partial charge on any atom is -0.456 e. The highest BCUT2D eigenvalue weighted by molar-refractivity contribution is 5.96.